The number of likely N-dealkylation sites (N-methyl/N-ethyl adjacent to an activating group) is 1. The summed E-state index contributed by atoms with van der Waals surface area (Å²) in [5.41, 5.74) is -0.268. The van der Waals surface area contributed by atoms with Gasteiger partial charge in [0.15, 0.2) is 0 Å². The lowest BCUT2D eigenvalue weighted by atomic mass is 10.0. The van der Waals surface area contributed by atoms with Crippen molar-refractivity contribution in [2.75, 3.05) is 7.05 Å². The topological polar surface area (TPSA) is 20.3 Å². The molecule has 0 N–H and O–H groups in total. The van der Waals surface area contributed by atoms with Crippen molar-refractivity contribution in [1.29, 1.82) is 0 Å². The van der Waals surface area contributed by atoms with Gasteiger partial charge in [-0.3, -0.25) is 9.69 Å². The molecule has 4 unspecified atom stereocenters. The second-order valence-corrected chi connectivity index (χ2v) is 4.27. The SMILES string of the molecule is [3H]C1(C)C(C)N(C)C2(C(C)=O)CC12. The minimum Gasteiger partial charge on any atom is -0.298 e. The van der Waals surface area contributed by atoms with Crippen molar-refractivity contribution >= 4 is 5.78 Å². The molecule has 0 bridgehead atoms. The van der Waals surface area contributed by atoms with Crippen LogP contribution in [0.15, 0.2) is 0 Å². The first-order valence-electron chi connectivity index (χ1n) is 5.09. The van der Waals surface area contributed by atoms with E-state index in [1.165, 1.54) is 0 Å². The van der Waals surface area contributed by atoms with Gasteiger partial charge in [-0.15, -0.1) is 0 Å². The van der Waals surface area contributed by atoms with Gasteiger partial charge in [-0.1, -0.05) is 6.92 Å². The van der Waals surface area contributed by atoms with Gasteiger partial charge < -0.3 is 0 Å². The average Bonchev–Trinajstić information content (AvgIpc) is 2.73. The summed E-state index contributed by atoms with van der Waals surface area (Å²) in [4.78, 5) is 13.6. The Kier molecular flexibility index (Phi) is 1.24. The molecule has 0 spiro atoms. The van der Waals surface area contributed by atoms with Gasteiger partial charge in [-0.25, -0.2) is 0 Å². The fraction of sp³-hybridized carbons (Fsp3) is 0.900. The predicted octanol–water partition coefficient (Wildman–Crippen LogP) is 1.30. The van der Waals surface area contributed by atoms with Crippen molar-refractivity contribution in [3.05, 3.63) is 0 Å². The Labute approximate surface area is 75.3 Å². The first-order valence-corrected chi connectivity index (χ1v) is 4.59. The predicted molar refractivity (Wildman–Crippen MR) is 47.9 cm³/mol. The number of rotatable bonds is 1. The Morgan fingerprint density at radius 2 is 2.25 bits per heavy atom. The normalized spacial score (nSPS) is 59.5. The molecule has 0 aromatic carbocycles. The highest BCUT2D eigenvalue weighted by Gasteiger charge is 2.68. The van der Waals surface area contributed by atoms with E-state index in [0.717, 1.165) is 6.42 Å². The molecular weight excluding hydrogens is 150 g/mol. The highest BCUT2D eigenvalue weighted by Crippen LogP contribution is 2.60. The van der Waals surface area contributed by atoms with Crippen molar-refractivity contribution < 1.29 is 6.17 Å². The maximum Gasteiger partial charge on any atom is 0.150 e. The van der Waals surface area contributed by atoms with Crippen LogP contribution in [0.1, 0.15) is 28.6 Å². The van der Waals surface area contributed by atoms with Gasteiger partial charge in [-0.2, -0.15) is 0 Å². The zero-order valence-corrected chi connectivity index (χ0v) is 8.22. The monoisotopic (exact) mass is 169 g/mol. The van der Waals surface area contributed by atoms with Crippen molar-refractivity contribution in [2.45, 2.75) is 38.8 Å². The minimum absolute atomic E-state index is 0.190. The number of ketones is 1. The van der Waals surface area contributed by atoms with Crippen LogP contribution >= 0.6 is 0 Å². The number of nitrogens with zero attached hydrogens (tertiary/aromatic N) is 1. The number of piperidine rings is 1. The van der Waals surface area contributed by atoms with Crippen LogP contribution in [0.2, 0.25) is 0 Å². The molecule has 0 aromatic rings. The zero-order valence-electron chi connectivity index (χ0n) is 9.22. The van der Waals surface area contributed by atoms with Crippen LogP contribution in [0.3, 0.4) is 0 Å². The van der Waals surface area contributed by atoms with Gasteiger partial charge in [0.05, 0.1) is 5.54 Å². The van der Waals surface area contributed by atoms with Crippen LogP contribution in [0, 0.1) is 11.8 Å². The Hall–Kier alpha value is -0.370. The fourth-order valence-electron chi connectivity index (χ4n) is 2.76. The van der Waals surface area contributed by atoms with Crippen LogP contribution in [-0.4, -0.2) is 29.3 Å². The Bertz CT molecular complexity index is 272. The van der Waals surface area contributed by atoms with E-state index in [-0.39, 0.29) is 23.3 Å². The molecule has 0 radical (unpaired) electrons. The second kappa shape index (κ2) is 2.11. The molecule has 4 atom stereocenters. The fourth-order valence-corrected chi connectivity index (χ4v) is 2.76. The minimum atomic E-state index is -0.444. The largest absolute Gasteiger partial charge is 0.298 e. The summed E-state index contributed by atoms with van der Waals surface area (Å²) in [7, 11) is 1.98. The Morgan fingerprint density at radius 3 is 2.50 bits per heavy atom. The van der Waals surface area contributed by atoms with E-state index in [9.17, 15) is 4.79 Å². The van der Waals surface area contributed by atoms with E-state index in [1.54, 1.807) is 6.92 Å². The number of likely N-dealkylation sites (tertiary alicyclic amines) is 1. The van der Waals surface area contributed by atoms with Crippen LogP contribution in [0.5, 0.6) is 0 Å². The lowest BCUT2D eigenvalue weighted by Gasteiger charge is -2.27. The van der Waals surface area contributed by atoms with Crippen molar-refractivity contribution in [2.24, 2.45) is 11.8 Å². The smallest absolute Gasteiger partial charge is 0.150 e. The van der Waals surface area contributed by atoms with E-state index < -0.39 is 5.89 Å². The maximum absolute atomic E-state index is 11.5. The molecule has 1 saturated heterocycles. The second-order valence-electron chi connectivity index (χ2n) is 4.27. The molecular formula is C10H17NO. The molecule has 0 aromatic heterocycles. The van der Waals surface area contributed by atoms with E-state index in [0.29, 0.717) is 0 Å². The molecule has 1 aliphatic carbocycles. The molecule has 2 aliphatic rings. The van der Waals surface area contributed by atoms with Gasteiger partial charge in [-0.05, 0) is 39.1 Å². The molecule has 12 heavy (non-hydrogen) atoms. The first kappa shape index (κ1) is 7.07. The number of hydrogen-bond acceptors (Lipinski definition) is 2. The molecule has 1 aliphatic heterocycles. The Balaban J connectivity index is 2.38. The van der Waals surface area contributed by atoms with E-state index >= 15 is 0 Å². The standard InChI is InChI=1S/C10H17NO/c1-6-7(2)11(4)10(8(3)12)5-9(6)10/h6-7,9H,5H2,1-4H3/i6T. The lowest BCUT2D eigenvalue weighted by Crippen LogP contribution is -2.41. The van der Waals surface area contributed by atoms with E-state index in [4.69, 9.17) is 1.37 Å². The zero-order chi connectivity index (χ0) is 10.0. The summed E-state index contributed by atoms with van der Waals surface area (Å²) in [6.07, 6.45) is 0.892. The van der Waals surface area contributed by atoms with Gasteiger partial charge in [0.1, 0.15) is 5.78 Å². The molecule has 2 nitrogen and oxygen atoms in total. The summed E-state index contributed by atoms with van der Waals surface area (Å²) in [5, 5.41) is 0. The summed E-state index contributed by atoms with van der Waals surface area (Å²) in [6, 6.07) is 0.190. The van der Waals surface area contributed by atoms with E-state index in [1.807, 2.05) is 20.9 Å². The van der Waals surface area contributed by atoms with Gasteiger partial charge in [0, 0.05) is 7.41 Å². The van der Waals surface area contributed by atoms with Crippen LogP contribution in [0.25, 0.3) is 0 Å². The van der Waals surface area contributed by atoms with E-state index in [2.05, 4.69) is 4.90 Å². The third-order valence-corrected chi connectivity index (χ3v) is 3.96. The highest BCUT2D eigenvalue weighted by atomic mass is 16.1. The molecule has 2 fully saturated rings. The van der Waals surface area contributed by atoms with Gasteiger partial charge >= 0.3 is 0 Å². The quantitative estimate of drug-likeness (QED) is 0.590. The summed E-state index contributed by atoms with van der Waals surface area (Å²) < 4.78 is 8.19. The van der Waals surface area contributed by atoms with Crippen LogP contribution in [0.4, 0.5) is 0 Å². The molecule has 1 heterocycles. The first-order chi connectivity index (χ1) is 5.85. The maximum atomic E-state index is 11.5. The van der Waals surface area contributed by atoms with Crippen molar-refractivity contribution in [3.8, 4) is 0 Å². The van der Waals surface area contributed by atoms with Crippen LogP contribution < -0.4 is 0 Å². The molecule has 2 heteroatoms. The molecule has 0 amide bonds. The number of hydrogen-bond donors (Lipinski definition) is 0. The third-order valence-electron chi connectivity index (χ3n) is 3.96. The number of carbonyl (C=O) groups is 1. The van der Waals surface area contributed by atoms with Gasteiger partial charge in [0.25, 0.3) is 0 Å². The highest BCUT2D eigenvalue weighted by molar-refractivity contribution is 5.90. The number of carbonyl (C=O) groups excluding carboxylic acids is 1. The summed E-state index contributed by atoms with van der Waals surface area (Å²) in [6.45, 7) is 5.66. The average molecular weight is 169 g/mol. The van der Waals surface area contributed by atoms with Crippen molar-refractivity contribution in [3.63, 3.8) is 0 Å². The molecule has 1 saturated carbocycles. The van der Waals surface area contributed by atoms with Crippen LogP contribution in [-0.2, 0) is 4.79 Å². The number of fused-ring (bicyclic) bond motifs is 1. The number of Topliss-reactive ketones (excluding diaryl/α,β-unsaturated/α-hetero) is 1. The summed E-state index contributed by atoms with van der Waals surface area (Å²) >= 11 is 0. The third kappa shape index (κ3) is 0.674. The summed E-state index contributed by atoms with van der Waals surface area (Å²) in [5.74, 6) is 0.0563. The van der Waals surface area contributed by atoms with Gasteiger partial charge in [0.2, 0.25) is 0 Å². The Morgan fingerprint density at radius 1 is 1.67 bits per heavy atom. The lowest BCUT2D eigenvalue weighted by molar-refractivity contribution is -0.123. The molecule has 2 rings (SSSR count). The molecule has 68 valence electrons. The van der Waals surface area contributed by atoms with Crippen molar-refractivity contribution in [1.82, 2.24) is 4.90 Å².